The first-order chi connectivity index (χ1) is 12.1. The summed E-state index contributed by atoms with van der Waals surface area (Å²) in [6, 6.07) is 3.76. The molecule has 134 valence electrons. The zero-order chi connectivity index (χ0) is 17.8. The van der Waals surface area contributed by atoms with Gasteiger partial charge in [0.2, 0.25) is 0 Å². The van der Waals surface area contributed by atoms with E-state index in [9.17, 15) is 4.79 Å². The summed E-state index contributed by atoms with van der Waals surface area (Å²) in [5.41, 5.74) is 4.68. The van der Waals surface area contributed by atoms with E-state index in [0.29, 0.717) is 13.2 Å². The molecule has 0 saturated carbocycles. The van der Waals surface area contributed by atoms with Crippen LogP contribution in [0.1, 0.15) is 41.5 Å². The largest absolute Gasteiger partial charge is 0.383 e. The van der Waals surface area contributed by atoms with Crippen molar-refractivity contribution in [3.8, 4) is 0 Å². The molecule has 3 rings (SSSR count). The molecule has 0 unspecified atom stereocenters. The minimum absolute atomic E-state index is 0.0471. The van der Waals surface area contributed by atoms with Crippen LogP contribution < -0.4 is 10.6 Å². The van der Waals surface area contributed by atoms with Gasteiger partial charge in [-0.25, -0.2) is 4.79 Å². The average molecular weight is 343 g/mol. The first-order valence-electron chi connectivity index (χ1n) is 8.64. The van der Waals surface area contributed by atoms with Gasteiger partial charge in [0, 0.05) is 13.3 Å². The van der Waals surface area contributed by atoms with Crippen molar-refractivity contribution in [2.75, 3.05) is 19.0 Å². The molecule has 0 fully saturated rings. The summed E-state index contributed by atoms with van der Waals surface area (Å²) in [4.78, 5) is 17.0. The number of urea groups is 1. The lowest BCUT2D eigenvalue weighted by Crippen LogP contribution is -2.35. The second-order valence-electron chi connectivity index (χ2n) is 6.35. The van der Waals surface area contributed by atoms with Crippen molar-refractivity contribution < 1.29 is 9.53 Å². The van der Waals surface area contributed by atoms with Crippen molar-refractivity contribution in [3.63, 3.8) is 0 Å². The summed E-state index contributed by atoms with van der Waals surface area (Å²) in [5.74, 6) is 0. The van der Waals surface area contributed by atoms with E-state index < -0.39 is 0 Å². The molecule has 2 aromatic rings. The van der Waals surface area contributed by atoms with Crippen molar-refractivity contribution in [3.05, 3.63) is 41.0 Å². The minimum Gasteiger partial charge on any atom is -0.383 e. The second-order valence-corrected chi connectivity index (χ2v) is 6.35. The number of pyridine rings is 1. The Morgan fingerprint density at radius 1 is 1.44 bits per heavy atom. The van der Waals surface area contributed by atoms with Gasteiger partial charge in [0.05, 0.1) is 42.0 Å². The molecule has 1 aliphatic rings. The Labute approximate surface area is 147 Å². The maximum Gasteiger partial charge on any atom is 0.319 e. The van der Waals surface area contributed by atoms with Crippen LogP contribution in [0.15, 0.2) is 18.3 Å². The molecular weight excluding hydrogens is 318 g/mol. The van der Waals surface area contributed by atoms with Crippen LogP contribution >= 0.6 is 0 Å². The van der Waals surface area contributed by atoms with E-state index in [4.69, 9.17) is 4.74 Å². The number of methoxy groups -OCH3 is 1. The molecule has 2 N–H and O–H groups in total. The number of rotatable bonds is 5. The van der Waals surface area contributed by atoms with E-state index in [1.807, 2.05) is 24.6 Å². The summed E-state index contributed by atoms with van der Waals surface area (Å²) >= 11 is 0. The third kappa shape index (κ3) is 3.82. The van der Waals surface area contributed by atoms with Gasteiger partial charge in [-0.3, -0.25) is 9.67 Å². The van der Waals surface area contributed by atoms with Gasteiger partial charge in [0.25, 0.3) is 0 Å². The van der Waals surface area contributed by atoms with Crippen LogP contribution in [0.5, 0.6) is 0 Å². The number of fused-ring (bicyclic) bond motifs is 1. The number of nitrogens with one attached hydrogen (secondary N) is 2. The van der Waals surface area contributed by atoms with Crippen molar-refractivity contribution >= 4 is 11.7 Å². The summed E-state index contributed by atoms with van der Waals surface area (Å²) in [5, 5.41) is 10.5. The van der Waals surface area contributed by atoms with Gasteiger partial charge >= 0.3 is 6.03 Å². The van der Waals surface area contributed by atoms with Crippen LogP contribution in [0.3, 0.4) is 0 Å². The Morgan fingerprint density at radius 3 is 3.08 bits per heavy atom. The predicted molar refractivity (Wildman–Crippen MR) is 95.6 cm³/mol. The fourth-order valence-corrected chi connectivity index (χ4v) is 3.33. The van der Waals surface area contributed by atoms with Gasteiger partial charge in [-0.05, 0) is 44.7 Å². The van der Waals surface area contributed by atoms with E-state index in [1.54, 1.807) is 13.3 Å². The number of carbonyl (C=O) groups excluding carboxylic acids is 1. The number of aromatic nitrogens is 3. The Kier molecular flexibility index (Phi) is 5.33. The highest BCUT2D eigenvalue weighted by molar-refractivity contribution is 5.90. The van der Waals surface area contributed by atoms with Crippen LogP contribution in [0.25, 0.3) is 0 Å². The first-order valence-corrected chi connectivity index (χ1v) is 8.64. The molecule has 0 aromatic carbocycles. The zero-order valence-electron chi connectivity index (χ0n) is 15.0. The SMILES string of the molecule is COCCn1nc(C)c(NC(=O)N[C@H]2CCCc3cccnc32)c1C. The Balaban J connectivity index is 1.69. The molecule has 1 aliphatic carbocycles. The van der Waals surface area contributed by atoms with Crippen LogP contribution in [0.4, 0.5) is 10.5 Å². The number of amides is 2. The average Bonchev–Trinajstić information content (AvgIpc) is 2.88. The van der Waals surface area contributed by atoms with E-state index in [-0.39, 0.29) is 12.1 Å². The molecule has 2 aromatic heterocycles. The number of nitrogens with zero attached hydrogens (tertiary/aromatic N) is 3. The van der Waals surface area contributed by atoms with Crippen molar-refractivity contribution in [1.29, 1.82) is 0 Å². The molecule has 0 spiro atoms. The Hall–Kier alpha value is -2.41. The van der Waals surface area contributed by atoms with Crippen LogP contribution in [-0.4, -0.2) is 34.5 Å². The lowest BCUT2D eigenvalue weighted by atomic mass is 9.92. The number of carbonyl (C=O) groups is 1. The van der Waals surface area contributed by atoms with Gasteiger partial charge in [0.15, 0.2) is 0 Å². The molecule has 2 amide bonds. The molecule has 0 radical (unpaired) electrons. The highest BCUT2D eigenvalue weighted by atomic mass is 16.5. The lowest BCUT2D eigenvalue weighted by molar-refractivity contribution is 0.182. The van der Waals surface area contributed by atoms with Crippen molar-refractivity contribution in [2.24, 2.45) is 0 Å². The third-order valence-corrected chi connectivity index (χ3v) is 4.63. The highest BCUT2D eigenvalue weighted by Crippen LogP contribution is 2.28. The van der Waals surface area contributed by atoms with Crippen molar-refractivity contribution in [2.45, 2.75) is 45.7 Å². The quantitative estimate of drug-likeness (QED) is 0.875. The standard InChI is InChI=1S/C18H25N5O2/c1-12-16(13(2)23(22-12)10-11-25-3)21-18(24)20-15-8-4-6-14-7-5-9-19-17(14)15/h5,7,9,15H,4,6,8,10-11H2,1-3H3,(H2,20,21,24)/t15-/m0/s1. The van der Waals surface area contributed by atoms with Gasteiger partial charge in [-0.15, -0.1) is 0 Å². The van der Waals surface area contributed by atoms with Crippen LogP contribution in [-0.2, 0) is 17.7 Å². The fraction of sp³-hybridized carbons (Fsp3) is 0.500. The fourth-order valence-electron chi connectivity index (χ4n) is 3.33. The summed E-state index contributed by atoms with van der Waals surface area (Å²) < 4.78 is 6.95. The normalized spacial score (nSPS) is 16.4. The highest BCUT2D eigenvalue weighted by Gasteiger charge is 2.23. The molecule has 25 heavy (non-hydrogen) atoms. The minimum atomic E-state index is -0.221. The molecular formula is C18H25N5O2. The molecule has 0 bridgehead atoms. The third-order valence-electron chi connectivity index (χ3n) is 4.63. The molecule has 0 aliphatic heterocycles. The van der Waals surface area contributed by atoms with Gasteiger partial charge in [-0.2, -0.15) is 5.10 Å². The number of anilines is 1. The number of aryl methyl sites for hydroxylation is 2. The number of hydrogen-bond acceptors (Lipinski definition) is 4. The van der Waals surface area contributed by atoms with Crippen LogP contribution in [0.2, 0.25) is 0 Å². The molecule has 2 heterocycles. The first kappa shape index (κ1) is 17.4. The summed E-state index contributed by atoms with van der Waals surface area (Å²) in [6.45, 7) is 5.08. The maximum absolute atomic E-state index is 12.5. The van der Waals surface area contributed by atoms with Crippen LogP contribution in [0, 0.1) is 13.8 Å². The monoisotopic (exact) mass is 343 g/mol. The maximum atomic E-state index is 12.5. The second kappa shape index (κ2) is 7.65. The summed E-state index contributed by atoms with van der Waals surface area (Å²) in [6.07, 6.45) is 4.76. The van der Waals surface area contributed by atoms with Gasteiger partial charge < -0.3 is 15.4 Å². The smallest absolute Gasteiger partial charge is 0.319 e. The molecule has 7 nitrogen and oxygen atoms in total. The van der Waals surface area contributed by atoms with E-state index >= 15 is 0 Å². The Bertz CT molecular complexity index is 756. The predicted octanol–water partition coefficient (Wildman–Crippen LogP) is 2.74. The lowest BCUT2D eigenvalue weighted by Gasteiger charge is -2.25. The molecule has 0 saturated heterocycles. The van der Waals surface area contributed by atoms with Gasteiger partial charge in [0.1, 0.15) is 0 Å². The number of ether oxygens (including phenoxy) is 1. The topological polar surface area (TPSA) is 81.1 Å². The van der Waals surface area contributed by atoms with Crippen molar-refractivity contribution in [1.82, 2.24) is 20.1 Å². The Morgan fingerprint density at radius 2 is 2.28 bits per heavy atom. The van der Waals surface area contributed by atoms with E-state index in [2.05, 4.69) is 26.8 Å². The molecule has 1 atom stereocenters. The van der Waals surface area contributed by atoms with Gasteiger partial charge in [-0.1, -0.05) is 6.07 Å². The molecule has 7 heteroatoms. The van der Waals surface area contributed by atoms with E-state index in [1.165, 1.54) is 5.56 Å². The zero-order valence-corrected chi connectivity index (χ0v) is 15.0. The van der Waals surface area contributed by atoms with E-state index in [0.717, 1.165) is 42.0 Å². The summed E-state index contributed by atoms with van der Waals surface area (Å²) in [7, 11) is 1.66. The number of hydrogen-bond donors (Lipinski definition) is 2.